The van der Waals surface area contributed by atoms with Gasteiger partial charge in [0, 0.05) is 18.9 Å². The summed E-state index contributed by atoms with van der Waals surface area (Å²) in [5.41, 5.74) is 1.06. The van der Waals surface area contributed by atoms with E-state index in [2.05, 4.69) is 10.3 Å². The van der Waals surface area contributed by atoms with Crippen LogP contribution < -0.4 is 5.32 Å². The highest BCUT2D eigenvalue weighted by molar-refractivity contribution is 5.45. The number of pyridine rings is 1. The van der Waals surface area contributed by atoms with Gasteiger partial charge in [0.05, 0.1) is 5.69 Å². The second-order valence-electron chi connectivity index (χ2n) is 3.32. The first-order valence-electron chi connectivity index (χ1n) is 4.84. The van der Waals surface area contributed by atoms with Gasteiger partial charge in [-0.1, -0.05) is 12.1 Å². The molecule has 2 rings (SSSR count). The normalized spacial score (nSPS) is 10.1. The van der Waals surface area contributed by atoms with E-state index in [-0.39, 0.29) is 5.69 Å². The monoisotopic (exact) mass is 220 g/mol. The number of nitrogens with zero attached hydrogens (tertiary/aromatic N) is 1. The third kappa shape index (κ3) is 2.34. The van der Waals surface area contributed by atoms with Crippen LogP contribution in [-0.4, -0.2) is 4.98 Å². The largest absolute Gasteiger partial charge is 0.378 e. The molecule has 0 unspecified atom stereocenters. The fourth-order valence-corrected chi connectivity index (χ4v) is 1.34. The summed E-state index contributed by atoms with van der Waals surface area (Å²) in [6, 6.07) is 7.69. The number of anilines is 1. The van der Waals surface area contributed by atoms with Gasteiger partial charge in [0.1, 0.15) is 0 Å². The number of benzene rings is 1. The maximum Gasteiger partial charge on any atom is 0.181 e. The van der Waals surface area contributed by atoms with Crippen LogP contribution >= 0.6 is 0 Å². The number of rotatable bonds is 3. The Labute approximate surface area is 92.0 Å². The summed E-state index contributed by atoms with van der Waals surface area (Å²) in [7, 11) is 0. The first kappa shape index (κ1) is 10.5. The maximum absolute atomic E-state index is 13.3. The molecule has 0 spiro atoms. The van der Waals surface area contributed by atoms with Crippen molar-refractivity contribution in [2.24, 2.45) is 0 Å². The van der Waals surface area contributed by atoms with Crippen molar-refractivity contribution >= 4 is 5.69 Å². The third-order valence-electron chi connectivity index (χ3n) is 2.16. The van der Waals surface area contributed by atoms with E-state index < -0.39 is 11.6 Å². The molecular weight excluding hydrogens is 210 g/mol. The Bertz CT molecular complexity index is 472. The molecule has 1 aromatic heterocycles. The van der Waals surface area contributed by atoms with Crippen molar-refractivity contribution in [3.63, 3.8) is 0 Å². The molecule has 2 nitrogen and oxygen atoms in total. The van der Waals surface area contributed by atoms with Crippen LogP contribution in [0.2, 0.25) is 0 Å². The first-order chi connectivity index (χ1) is 7.77. The topological polar surface area (TPSA) is 24.9 Å². The van der Waals surface area contributed by atoms with E-state index in [1.165, 1.54) is 12.1 Å². The smallest absolute Gasteiger partial charge is 0.181 e. The van der Waals surface area contributed by atoms with Crippen molar-refractivity contribution in [1.82, 2.24) is 4.98 Å². The zero-order valence-corrected chi connectivity index (χ0v) is 8.45. The Kier molecular flexibility index (Phi) is 3.10. The van der Waals surface area contributed by atoms with Crippen LogP contribution in [0.1, 0.15) is 5.56 Å². The highest BCUT2D eigenvalue weighted by Crippen LogP contribution is 2.17. The Morgan fingerprint density at radius 3 is 2.75 bits per heavy atom. The Morgan fingerprint density at radius 1 is 1.12 bits per heavy atom. The minimum Gasteiger partial charge on any atom is -0.378 e. The molecule has 1 N–H and O–H groups in total. The van der Waals surface area contributed by atoms with Gasteiger partial charge in [-0.3, -0.25) is 4.98 Å². The summed E-state index contributed by atoms with van der Waals surface area (Å²) in [4.78, 5) is 3.93. The van der Waals surface area contributed by atoms with Gasteiger partial charge in [-0.15, -0.1) is 0 Å². The van der Waals surface area contributed by atoms with Crippen LogP contribution in [0, 0.1) is 11.6 Å². The second kappa shape index (κ2) is 4.70. The van der Waals surface area contributed by atoms with Crippen LogP contribution in [0.15, 0.2) is 42.7 Å². The van der Waals surface area contributed by atoms with Gasteiger partial charge in [-0.25, -0.2) is 8.78 Å². The summed E-state index contributed by atoms with van der Waals surface area (Å²) in [6.45, 7) is 0.411. The second-order valence-corrected chi connectivity index (χ2v) is 3.32. The van der Waals surface area contributed by atoms with Crippen molar-refractivity contribution in [3.8, 4) is 0 Å². The zero-order chi connectivity index (χ0) is 11.4. The van der Waals surface area contributed by atoms with Crippen molar-refractivity contribution in [3.05, 3.63) is 59.9 Å². The van der Waals surface area contributed by atoms with Gasteiger partial charge >= 0.3 is 0 Å². The fourth-order valence-electron chi connectivity index (χ4n) is 1.34. The molecule has 0 aliphatic carbocycles. The molecule has 0 aliphatic heterocycles. The van der Waals surface area contributed by atoms with Crippen LogP contribution in [0.4, 0.5) is 14.5 Å². The Hall–Kier alpha value is -1.97. The molecular formula is C12H10F2N2. The molecule has 0 amide bonds. The van der Waals surface area contributed by atoms with Gasteiger partial charge in [-0.05, 0) is 23.8 Å². The lowest BCUT2D eigenvalue weighted by atomic mass is 10.2. The number of nitrogens with one attached hydrogen (secondary N) is 1. The first-order valence-corrected chi connectivity index (χ1v) is 4.84. The third-order valence-corrected chi connectivity index (χ3v) is 2.16. The molecule has 0 aliphatic rings. The lowest BCUT2D eigenvalue weighted by Gasteiger charge is -2.07. The molecule has 1 heterocycles. The summed E-state index contributed by atoms with van der Waals surface area (Å²) >= 11 is 0. The molecule has 2 aromatic rings. The van der Waals surface area contributed by atoms with Crippen LogP contribution in [-0.2, 0) is 6.54 Å². The number of hydrogen-bond acceptors (Lipinski definition) is 2. The van der Waals surface area contributed by atoms with Crippen molar-refractivity contribution < 1.29 is 8.78 Å². The maximum atomic E-state index is 13.3. The predicted octanol–water partition coefficient (Wildman–Crippen LogP) is 2.97. The number of hydrogen-bond donors (Lipinski definition) is 1. The number of halogens is 2. The zero-order valence-electron chi connectivity index (χ0n) is 8.45. The molecule has 0 saturated carbocycles. The highest BCUT2D eigenvalue weighted by atomic mass is 19.2. The van der Waals surface area contributed by atoms with Gasteiger partial charge in [-0.2, -0.15) is 0 Å². The summed E-state index contributed by atoms with van der Waals surface area (Å²) in [5, 5.41) is 2.82. The molecule has 1 aromatic carbocycles. The standard InChI is InChI=1S/C12H10F2N2/c13-10-4-1-5-11(12(10)14)16-8-9-3-2-6-15-7-9/h1-7,16H,8H2. The summed E-state index contributed by atoms with van der Waals surface area (Å²) in [5.74, 6) is -1.71. The Balaban J connectivity index is 2.08. The van der Waals surface area contributed by atoms with Crippen molar-refractivity contribution in [2.45, 2.75) is 6.54 Å². The molecule has 0 saturated heterocycles. The number of aromatic nitrogens is 1. The summed E-state index contributed by atoms with van der Waals surface area (Å²) < 4.78 is 26.1. The highest BCUT2D eigenvalue weighted by Gasteiger charge is 2.06. The SMILES string of the molecule is Fc1cccc(NCc2cccnc2)c1F. The predicted molar refractivity (Wildman–Crippen MR) is 57.9 cm³/mol. The average molecular weight is 220 g/mol. The molecule has 16 heavy (non-hydrogen) atoms. The molecule has 4 heteroatoms. The fraction of sp³-hybridized carbons (Fsp3) is 0.0833. The van der Waals surface area contributed by atoms with Crippen molar-refractivity contribution in [2.75, 3.05) is 5.32 Å². The Morgan fingerprint density at radius 2 is 2.00 bits per heavy atom. The molecule has 0 atom stereocenters. The van der Waals surface area contributed by atoms with Crippen LogP contribution in [0.5, 0.6) is 0 Å². The molecule has 82 valence electrons. The van der Waals surface area contributed by atoms with E-state index in [1.54, 1.807) is 18.5 Å². The van der Waals surface area contributed by atoms with E-state index >= 15 is 0 Å². The van der Waals surface area contributed by atoms with E-state index in [0.29, 0.717) is 6.54 Å². The van der Waals surface area contributed by atoms with Crippen LogP contribution in [0.3, 0.4) is 0 Å². The van der Waals surface area contributed by atoms with Gasteiger partial charge in [0.2, 0.25) is 0 Å². The lowest BCUT2D eigenvalue weighted by molar-refractivity contribution is 0.511. The van der Waals surface area contributed by atoms with Gasteiger partial charge < -0.3 is 5.32 Å². The van der Waals surface area contributed by atoms with Crippen molar-refractivity contribution in [1.29, 1.82) is 0 Å². The van der Waals surface area contributed by atoms with Gasteiger partial charge in [0.25, 0.3) is 0 Å². The quantitative estimate of drug-likeness (QED) is 0.860. The average Bonchev–Trinajstić information content (AvgIpc) is 2.32. The lowest BCUT2D eigenvalue weighted by Crippen LogP contribution is -2.02. The van der Waals surface area contributed by atoms with E-state index in [1.807, 2.05) is 6.07 Å². The van der Waals surface area contributed by atoms with E-state index in [4.69, 9.17) is 0 Å². The minimum atomic E-state index is -0.855. The van der Waals surface area contributed by atoms with E-state index in [0.717, 1.165) is 11.6 Å². The summed E-state index contributed by atoms with van der Waals surface area (Å²) in [6.07, 6.45) is 3.33. The molecule has 0 fully saturated rings. The minimum absolute atomic E-state index is 0.156. The molecule has 0 radical (unpaired) electrons. The van der Waals surface area contributed by atoms with Crippen LogP contribution in [0.25, 0.3) is 0 Å². The molecule has 0 bridgehead atoms. The van der Waals surface area contributed by atoms with Gasteiger partial charge in [0.15, 0.2) is 11.6 Å². The van der Waals surface area contributed by atoms with E-state index in [9.17, 15) is 8.78 Å².